The molecule has 1 aromatic rings. The van der Waals surface area contributed by atoms with Gasteiger partial charge in [-0.2, -0.15) is 0 Å². The molecule has 0 amide bonds. The lowest BCUT2D eigenvalue weighted by molar-refractivity contribution is 0.348. The Balaban J connectivity index is 2.24. The van der Waals surface area contributed by atoms with Crippen LogP contribution < -0.4 is 5.32 Å². The molecule has 0 aliphatic heterocycles. The SMILES string of the molecule is C=C(CNCCC)CN(C)Cc1csc(C)n1. The van der Waals surface area contributed by atoms with Crippen molar-refractivity contribution in [3.8, 4) is 0 Å². The van der Waals surface area contributed by atoms with E-state index in [0.29, 0.717) is 0 Å². The number of aryl methyl sites for hydroxylation is 1. The van der Waals surface area contributed by atoms with Crippen molar-refractivity contribution in [2.24, 2.45) is 0 Å². The quantitative estimate of drug-likeness (QED) is 0.570. The maximum Gasteiger partial charge on any atom is 0.0897 e. The average Bonchev–Trinajstić information content (AvgIpc) is 2.64. The number of aromatic nitrogens is 1. The first-order valence-electron chi connectivity index (χ1n) is 6.08. The Labute approximate surface area is 109 Å². The van der Waals surface area contributed by atoms with Gasteiger partial charge in [-0.25, -0.2) is 4.98 Å². The fraction of sp³-hybridized carbons (Fsp3) is 0.615. The topological polar surface area (TPSA) is 28.2 Å². The highest BCUT2D eigenvalue weighted by Gasteiger charge is 2.04. The van der Waals surface area contributed by atoms with Crippen molar-refractivity contribution >= 4 is 11.3 Å². The molecule has 4 heteroatoms. The molecule has 96 valence electrons. The molecular weight excluding hydrogens is 230 g/mol. The van der Waals surface area contributed by atoms with Gasteiger partial charge in [-0.1, -0.05) is 13.5 Å². The fourth-order valence-corrected chi connectivity index (χ4v) is 2.30. The summed E-state index contributed by atoms with van der Waals surface area (Å²) in [5.74, 6) is 0. The Hall–Kier alpha value is -0.710. The Morgan fingerprint density at radius 2 is 2.35 bits per heavy atom. The summed E-state index contributed by atoms with van der Waals surface area (Å²) in [5.41, 5.74) is 2.39. The molecule has 0 atom stereocenters. The molecule has 3 nitrogen and oxygen atoms in total. The van der Waals surface area contributed by atoms with E-state index in [1.807, 2.05) is 6.92 Å². The van der Waals surface area contributed by atoms with E-state index >= 15 is 0 Å². The van der Waals surface area contributed by atoms with E-state index in [-0.39, 0.29) is 0 Å². The molecular formula is C13H23N3S. The van der Waals surface area contributed by atoms with Crippen molar-refractivity contribution in [1.29, 1.82) is 0 Å². The molecule has 0 aliphatic carbocycles. The third-order valence-electron chi connectivity index (χ3n) is 2.39. The van der Waals surface area contributed by atoms with E-state index in [4.69, 9.17) is 0 Å². The molecule has 0 saturated carbocycles. The monoisotopic (exact) mass is 253 g/mol. The molecule has 0 unspecified atom stereocenters. The minimum atomic E-state index is 0.900. The summed E-state index contributed by atoms with van der Waals surface area (Å²) in [5, 5.41) is 6.63. The van der Waals surface area contributed by atoms with Gasteiger partial charge in [-0.15, -0.1) is 11.3 Å². The van der Waals surface area contributed by atoms with Gasteiger partial charge in [-0.05, 0) is 32.5 Å². The van der Waals surface area contributed by atoms with Crippen molar-refractivity contribution in [3.05, 3.63) is 28.2 Å². The van der Waals surface area contributed by atoms with Gasteiger partial charge in [0, 0.05) is 25.0 Å². The number of nitrogens with one attached hydrogen (secondary N) is 1. The van der Waals surface area contributed by atoms with Gasteiger partial charge < -0.3 is 5.32 Å². The van der Waals surface area contributed by atoms with Gasteiger partial charge in [0.05, 0.1) is 10.7 Å². The number of nitrogens with zero attached hydrogens (tertiary/aromatic N) is 2. The van der Waals surface area contributed by atoms with Crippen LogP contribution in [0.4, 0.5) is 0 Å². The van der Waals surface area contributed by atoms with Crippen LogP contribution in [0.5, 0.6) is 0 Å². The number of thiazole rings is 1. The van der Waals surface area contributed by atoms with Crippen molar-refractivity contribution in [2.45, 2.75) is 26.8 Å². The standard InChI is InChI=1S/C13H23N3S/c1-5-6-14-7-11(2)8-16(4)9-13-10-17-12(3)15-13/h10,14H,2,5-9H2,1,3-4H3. The van der Waals surface area contributed by atoms with Gasteiger partial charge in [0.1, 0.15) is 0 Å². The minimum Gasteiger partial charge on any atom is -0.313 e. The highest BCUT2D eigenvalue weighted by Crippen LogP contribution is 2.10. The van der Waals surface area contributed by atoms with Gasteiger partial charge in [0.15, 0.2) is 0 Å². The minimum absolute atomic E-state index is 0.900. The second kappa shape index (κ2) is 7.58. The van der Waals surface area contributed by atoms with Crippen molar-refractivity contribution in [3.63, 3.8) is 0 Å². The first-order valence-corrected chi connectivity index (χ1v) is 6.96. The normalized spacial score (nSPS) is 11.1. The average molecular weight is 253 g/mol. The summed E-state index contributed by atoms with van der Waals surface area (Å²) in [6.07, 6.45) is 1.17. The molecule has 0 aromatic carbocycles. The maximum absolute atomic E-state index is 4.46. The third kappa shape index (κ3) is 5.96. The van der Waals surface area contributed by atoms with Crippen LogP contribution >= 0.6 is 11.3 Å². The molecule has 1 heterocycles. The molecule has 0 fully saturated rings. The largest absolute Gasteiger partial charge is 0.313 e. The van der Waals surface area contributed by atoms with Crippen molar-refractivity contribution in [2.75, 3.05) is 26.7 Å². The van der Waals surface area contributed by atoms with Gasteiger partial charge >= 0.3 is 0 Å². The smallest absolute Gasteiger partial charge is 0.0897 e. The lowest BCUT2D eigenvalue weighted by Crippen LogP contribution is -2.26. The number of rotatable bonds is 8. The van der Waals surface area contributed by atoms with Crippen LogP contribution in [-0.4, -0.2) is 36.6 Å². The molecule has 1 rings (SSSR count). The molecule has 17 heavy (non-hydrogen) atoms. The zero-order chi connectivity index (χ0) is 12.7. The molecule has 0 bridgehead atoms. The van der Waals surface area contributed by atoms with E-state index < -0.39 is 0 Å². The Bertz CT molecular complexity index is 346. The predicted molar refractivity (Wildman–Crippen MR) is 75.5 cm³/mol. The summed E-state index contributed by atoms with van der Waals surface area (Å²) in [4.78, 5) is 6.72. The predicted octanol–water partition coefficient (Wildman–Crippen LogP) is 2.44. The van der Waals surface area contributed by atoms with Crippen LogP contribution in [0.1, 0.15) is 24.0 Å². The second-order valence-corrected chi connectivity index (χ2v) is 5.52. The fourth-order valence-electron chi connectivity index (χ4n) is 1.69. The van der Waals surface area contributed by atoms with Gasteiger partial charge in [0.2, 0.25) is 0 Å². The first kappa shape index (κ1) is 14.4. The van der Waals surface area contributed by atoms with Crippen LogP contribution in [0.25, 0.3) is 0 Å². The molecule has 1 aromatic heterocycles. The molecule has 0 aliphatic rings. The van der Waals surface area contributed by atoms with E-state index in [9.17, 15) is 0 Å². The van der Waals surface area contributed by atoms with E-state index in [1.165, 1.54) is 12.0 Å². The van der Waals surface area contributed by atoms with Crippen LogP contribution in [0.15, 0.2) is 17.5 Å². The first-order chi connectivity index (χ1) is 8.11. The maximum atomic E-state index is 4.46. The van der Waals surface area contributed by atoms with E-state index in [2.05, 4.69) is 41.1 Å². The highest BCUT2D eigenvalue weighted by molar-refractivity contribution is 7.09. The number of hydrogen-bond donors (Lipinski definition) is 1. The number of likely N-dealkylation sites (N-methyl/N-ethyl adjacent to an activating group) is 1. The zero-order valence-corrected chi connectivity index (χ0v) is 11.9. The Kier molecular flexibility index (Phi) is 6.40. The van der Waals surface area contributed by atoms with E-state index in [1.54, 1.807) is 11.3 Å². The lowest BCUT2D eigenvalue weighted by Gasteiger charge is -2.17. The molecule has 0 radical (unpaired) electrons. The third-order valence-corrected chi connectivity index (χ3v) is 3.22. The summed E-state index contributed by atoms with van der Waals surface area (Å²) in [6.45, 7) is 12.1. The van der Waals surface area contributed by atoms with Crippen molar-refractivity contribution in [1.82, 2.24) is 15.2 Å². The second-order valence-electron chi connectivity index (χ2n) is 4.46. The summed E-state index contributed by atoms with van der Waals surface area (Å²) >= 11 is 1.71. The Morgan fingerprint density at radius 1 is 1.59 bits per heavy atom. The highest BCUT2D eigenvalue weighted by atomic mass is 32.1. The van der Waals surface area contributed by atoms with E-state index in [0.717, 1.165) is 36.9 Å². The molecule has 0 saturated heterocycles. The summed E-state index contributed by atoms with van der Waals surface area (Å²) in [7, 11) is 2.11. The van der Waals surface area contributed by atoms with Crippen LogP contribution in [0, 0.1) is 6.92 Å². The van der Waals surface area contributed by atoms with Crippen LogP contribution in [0.3, 0.4) is 0 Å². The van der Waals surface area contributed by atoms with Gasteiger partial charge in [-0.3, -0.25) is 4.90 Å². The van der Waals surface area contributed by atoms with Crippen LogP contribution in [0.2, 0.25) is 0 Å². The zero-order valence-electron chi connectivity index (χ0n) is 11.1. The Morgan fingerprint density at radius 3 is 2.94 bits per heavy atom. The molecule has 0 spiro atoms. The lowest BCUT2D eigenvalue weighted by atomic mass is 10.2. The van der Waals surface area contributed by atoms with Crippen LogP contribution in [-0.2, 0) is 6.54 Å². The summed E-state index contributed by atoms with van der Waals surface area (Å²) in [6, 6.07) is 0. The molecule has 1 N–H and O–H groups in total. The van der Waals surface area contributed by atoms with Crippen molar-refractivity contribution < 1.29 is 0 Å². The summed E-state index contributed by atoms with van der Waals surface area (Å²) < 4.78 is 0. The number of hydrogen-bond acceptors (Lipinski definition) is 4. The van der Waals surface area contributed by atoms with Gasteiger partial charge in [0.25, 0.3) is 0 Å².